The summed E-state index contributed by atoms with van der Waals surface area (Å²) < 4.78 is 26.3. The second-order valence-electron chi connectivity index (χ2n) is 8.92. The number of ether oxygens (including phenoxy) is 2. The molecule has 0 bridgehead atoms. The van der Waals surface area contributed by atoms with Gasteiger partial charge in [-0.25, -0.2) is 9.18 Å². The topological polar surface area (TPSA) is 99.5 Å². The second kappa shape index (κ2) is 9.89. The van der Waals surface area contributed by atoms with Crippen molar-refractivity contribution in [3.05, 3.63) is 53.3 Å². The van der Waals surface area contributed by atoms with Crippen LogP contribution < -0.4 is 14.4 Å². The molecule has 2 aromatic rings. The fourth-order valence-corrected chi connectivity index (χ4v) is 4.58. The molecule has 1 fully saturated rings. The van der Waals surface area contributed by atoms with Crippen LogP contribution in [0.3, 0.4) is 0 Å². The summed E-state index contributed by atoms with van der Waals surface area (Å²) in [4.78, 5) is 26.7. The third-order valence-electron chi connectivity index (χ3n) is 6.81. The molecule has 2 aliphatic rings. The van der Waals surface area contributed by atoms with Gasteiger partial charge in [0.25, 0.3) is 0 Å². The number of fused-ring (bicyclic) bond motifs is 1. The van der Waals surface area contributed by atoms with Gasteiger partial charge in [0, 0.05) is 30.5 Å². The average Bonchev–Trinajstić information content (AvgIpc) is 2.85. The van der Waals surface area contributed by atoms with Gasteiger partial charge >= 0.3 is 6.09 Å². The number of anilines is 1. The van der Waals surface area contributed by atoms with E-state index in [2.05, 4.69) is 0 Å². The van der Waals surface area contributed by atoms with Crippen LogP contribution in [0.5, 0.6) is 11.5 Å². The molecule has 0 atom stereocenters. The summed E-state index contributed by atoms with van der Waals surface area (Å²) in [6.45, 7) is 0.922. The number of halogens is 1. The van der Waals surface area contributed by atoms with Gasteiger partial charge < -0.3 is 29.5 Å². The van der Waals surface area contributed by atoms with E-state index in [-0.39, 0.29) is 37.8 Å². The van der Waals surface area contributed by atoms with E-state index >= 15 is 0 Å². The van der Waals surface area contributed by atoms with Gasteiger partial charge in [-0.2, -0.15) is 0 Å². The smallest absolute Gasteiger partial charge is 0.407 e. The number of rotatable bonds is 7. The summed E-state index contributed by atoms with van der Waals surface area (Å²) in [6.07, 6.45) is 0.574. The summed E-state index contributed by atoms with van der Waals surface area (Å²) in [5.41, 5.74) is 1.13. The van der Waals surface area contributed by atoms with Crippen molar-refractivity contribution >= 4 is 17.7 Å². The quantitative estimate of drug-likeness (QED) is 0.641. The van der Waals surface area contributed by atoms with E-state index in [0.29, 0.717) is 49.4 Å². The number of methoxy groups -OCH3 is 1. The maximum atomic E-state index is 15.0. The van der Waals surface area contributed by atoms with Crippen LogP contribution in [-0.2, 0) is 17.8 Å². The van der Waals surface area contributed by atoms with Crippen molar-refractivity contribution in [2.24, 2.45) is 5.41 Å². The number of hydrogen-bond acceptors (Lipinski definition) is 5. The Hall–Kier alpha value is -3.33. The highest BCUT2D eigenvalue weighted by Crippen LogP contribution is 2.39. The van der Waals surface area contributed by atoms with Gasteiger partial charge in [-0.15, -0.1) is 0 Å². The fourth-order valence-electron chi connectivity index (χ4n) is 4.58. The lowest BCUT2D eigenvalue weighted by atomic mass is 9.80. The van der Waals surface area contributed by atoms with Crippen LogP contribution in [0, 0.1) is 11.2 Å². The predicted octanol–water partition coefficient (Wildman–Crippen LogP) is 3.45. The molecule has 0 spiro atoms. The van der Waals surface area contributed by atoms with E-state index in [1.807, 2.05) is 12.1 Å². The molecule has 0 aromatic heterocycles. The molecule has 8 nitrogen and oxygen atoms in total. The van der Waals surface area contributed by atoms with Crippen LogP contribution in [0.2, 0.25) is 0 Å². The number of carbonyl (C=O) groups is 2. The largest absolute Gasteiger partial charge is 0.497 e. The number of amides is 2. The fraction of sp³-hybridized carbons (Fsp3) is 0.440. The Morgan fingerprint density at radius 1 is 1.12 bits per heavy atom. The highest BCUT2D eigenvalue weighted by molar-refractivity contribution is 5.97. The first-order valence-electron chi connectivity index (χ1n) is 11.3. The Morgan fingerprint density at radius 2 is 1.82 bits per heavy atom. The molecule has 9 heteroatoms. The third-order valence-corrected chi connectivity index (χ3v) is 6.81. The van der Waals surface area contributed by atoms with Crippen LogP contribution in [0.15, 0.2) is 36.4 Å². The van der Waals surface area contributed by atoms with Crippen molar-refractivity contribution in [3.63, 3.8) is 0 Å². The molecule has 2 amide bonds. The van der Waals surface area contributed by atoms with Gasteiger partial charge in [0.05, 0.1) is 32.6 Å². The molecular formula is C25H29FN2O6. The maximum absolute atomic E-state index is 15.0. The lowest BCUT2D eigenvalue weighted by molar-refractivity contribution is -0.119. The normalized spacial score (nSPS) is 17.3. The standard InChI is InChI=1S/C25H29FN2O6/c1-33-18-4-2-17(3-5-18)14-28-22(30)9-6-19-21(8-7-20(26)23(19)28)34-16-25(15-29)10-12-27(13-11-25)24(31)32/h2-5,7-8,29H,6,9-16H2,1H3,(H,31,32). The highest BCUT2D eigenvalue weighted by Gasteiger charge is 2.37. The Morgan fingerprint density at radius 3 is 2.44 bits per heavy atom. The van der Waals surface area contributed by atoms with Crippen LogP contribution in [-0.4, -0.2) is 60.5 Å². The zero-order chi connectivity index (χ0) is 24.3. The van der Waals surface area contributed by atoms with Gasteiger partial charge in [0.15, 0.2) is 0 Å². The molecule has 182 valence electrons. The molecule has 0 saturated carbocycles. The number of likely N-dealkylation sites (tertiary alicyclic amines) is 1. The molecule has 0 aliphatic carbocycles. The summed E-state index contributed by atoms with van der Waals surface area (Å²) in [6, 6.07) is 10.1. The molecule has 0 unspecified atom stereocenters. The minimum Gasteiger partial charge on any atom is -0.497 e. The van der Waals surface area contributed by atoms with Crippen molar-refractivity contribution in [2.45, 2.75) is 32.2 Å². The molecular weight excluding hydrogens is 443 g/mol. The van der Waals surface area contributed by atoms with Crippen LogP contribution >= 0.6 is 0 Å². The molecule has 2 aromatic carbocycles. The zero-order valence-electron chi connectivity index (χ0n) is 19.1. The molecule has 2 aliphatic heterocycles. The number of benzene rings is 2. The molecule has 34 heavy (non-hydrogen) atoms. The third kappa shape index (κ3) is 4.79. The molecule has 4 rings (SSSR count). The number of hydrogen-bond donors (Lipinski definition) is 2. The molecule has 2 heterocycles. The summed E-state index contributed by atoms with van der Waals surface area (Å²) in [7, 11) is 1.58. The van der Waals surface area contributed by atoms with E-state index in [4.69, 9.17) is 9.47 Å². The maximum Gasteiger partial charge on any atom is 0.407 e. The summed E-state index contributed by atoms with van der Waals surface area (Å²) in [5, 5.41) is 19.2. The first-order chi connectivity index (χ1) is 16.4. The molecule has 0 radical (unpaired) electrons. The Bertz CT molecular complexity index is 1050. The highest BCUT2D eigenvalue weighted by atomic mass is 19.1. The van der Waals surface area contributed by atoms with E-state index < -0.39 is 17.3 Å². The first-order valence-corrected chi connectivity index (χ1v) is 11.3. The number of carbonyl (C=O) groups excluding carboxylic acids is 1. The average molecular weight is 473 g/mol. The molecule has 1 saturated heterocycles. The van der Waals surface area contributed by atoms with Crippen LogP contribution in [0.25, 0.3) is 0 Å². The van der Waals surface area contributed by atoms with E-state index in [9.17, 15) is 24.2 Å². The number of carboxylic acid groups (broad SMARTS) is 1. The zero-order valence-corrected chi connectivity index (χ0v) is 19.1. The van der Waals surface area contributed by atoms with Crippen molar-refractivity contribution < 1.29 is 33.7 Å². The van der Waals surface area contributed by atoms with Gasteiger partial charge in [0.2, 0.25) is 5.91 Å². The van der Waals surface area contributed by atoms with E-state index in [1.165, 1.54) is 15.9 Å². The van der Waals surface area contributed by atoms with Crippen molar-refractivity contribution in [3.8, 4) is 11.5 Å². The minimum atomic E-state index is -0.971. The van der Waals surface area contributed by atoms with Gasteiger partial charge in [-0.05, 0) is 49.1 Å². The number of aliphatic hydroxyl groups excluding tert-OH is 1. The van der Waals surface area contributed by atoms with Crippen molar-refractivity contribution in [1.82, 2.24) is 4.90 Å². The van der Waals surface area contributed by atoms with Crippen molar-refractivity contribution in [2.75, 3.05) is 38.3 Å². The van der Waals surface area contributed by atoms with Crippen molar-refractivity contribution in [1.29, 1.82) is 0 Å². The SMILES string of the molecule is COc1ccc(CN2C(=O)CCc3c(OCC4(CO)CCN(C(=O)O)CC4)ccc(F)c32)cc1. The van der Waals surface area contributed by atoms with E-state index in [1.54, 1.807) is 25.3 Å². The van der Waals surface area contributed by atoms with Crippen LogP contribution in [0.1, 0.15) is 30.4 Å². The number of piperidine rings is 1. The number of aliphatic hydroxyl groups is 1. The summed E-state index contributed by atoms with van der Waals surface area (Å²) in [5.74, 6) is 0.530. The van der Waals surface area contributed by atoms with Gasteiger partial charge in [-0.3, -0.25) is 4.79 Å². The van der Waals surface area contributed by atoms with Gasteiger partial charge in [-0.1, -0.05) is 12.1 Å². The number of nitrogens with zero attached hydrogens (tertiary/aromatic N) is 2. The van der Waals surface area contributed by atoms with Gasteiger partial charge in [0.1, 0.15) is 17.3 Å². The Balaban J connectivity index is 1.54. The van der Waals surface area contributed by atoms with E-state index in [0.717, 1.165) is 5.56 Å². The minimum absolute atomic E-state index is 0.133. The lowest BCUT2D eigenvalue weighted by Gasteiger charge is -2.39. The monoisotopic (exact) mass is 472 g/mol. The Labute approximate surface area is 197 Å². The Kier molecular flexibility index (Phi) is 6.92. The lowest BCUT2D eigenvalue weighted by Crippen LogP contribution is -2.46. The molecule has 2 N–H and O–H groups in total. The second-order valence-corrected chi connectivity index (χ2v) is 8.92. The first kappa shape index (κ1) is 23.8. The summed E-state index contributed by atoms with van der Waals surface area (Å²) >= 11 is 0. The predicted molar refractivity (Wildman–Crippen MR) is 123 cm³/mol. The van der Waals surface area contributed by atoms with Crippen LogP contribution in [0.4, 0.5) is 14.9 Å².